The summed E-state index contributed by atoms with van der Waals surface area (Å²) >= 11 is 9.03. The van der Waals surface area contributed by atoms with Gasteiger partial charge in [0.15, 0.2) is 0 Å². The van der Waals surface area contributed by atoms with E-state index < -0.39 is 5.82 Å². The lowest BCUT2D eigenvalue weighted by atomic mass is 10.2. The van der Waals surface area contributed by atoms with E-state index in [4.69, 9.17) is 11.6 Å². The van der Waals surface area contributed by atoms with Crippen LogP contribution in [0.4, 0.5) is 15.8 Å². The Morgan fingerprint density at radius 2 is 1.95 bits per heavy atom. The molecular formula is C15H13BrClFN2O. The van der Waals surface area contributed by atoms with Gasteiger partial charge in [0, 0.05) is 24.7 Å². The second-order valence-electron chi connectivity index (χ2n) is 4.64. The van der Waals surface area contributed by atoms with Gasteiger partial charge in [0.1, 0.15) is 5.82 Å². The molecule has 0 saturated carbocycles. The second-order valence-corrected chi connectivity index (χ2v) is 5.93. The van der Waals surface area contributed by atoms with Gasteiger partial charge >= 0.3 is 0 Å². The minimum Gasteiger partial charge on any atom is -0.376 e. The van der Waals surface area contributed by atoms with Gasteiger partial charge in [-0.05, 0) is 52.3 Å². The van der Waals surface area contributed by atoms with E-state index in [2.05, 4.69) is 21.2 Å². The molecule has 1 amide bonds. The van der Waals surface area contributed by atoms with Gasteiger partial charge in [0.25, 0.3) is 5.91 Å². The number of carbonyl (C=O) groups is 1. The number of nitrogens with one attached hydrogen (secondary N) is 1. The number of hydrogen-bond acceptors (Lipinski definition) is 2. The summed E-state index contributed by atoms with van der Waals surface area (Å²) < 4.78 is 13.5. The molecule has 0 aliphatic carbocycles. The Kier molecular flexibility index (Phi) is 4.85. The summed E-state index contributed by atoms with van der Waals surface area (Å²) in [5.74, 6) is -0.746. The van der Waals surface area contributed by atoms with Crippen LogP contribution in [-0.4, -0.2) is 20.0 Å². The first kappa shape index (κ1) is 15.8. The number of rotatable bonds is 3. The first-order chi connectivity index (χ1) is 9.88. The number of benzene rings is 2. The van der Waals surface area contributed by atoms with Crippen LogP contribution in [0.25, 0.3) is 0 Å². The first-order valence-corrected chi connectivity index (χ1v) is 7.29. The molecule has 2 rings (SSSR count). The van der Waals surface area contributed by atoms with Crippen LogP contribution in [0.1, 0.15) is 10.4 Å². The van der Waals surface area contributed by atoms with E-state index in [0.717, 1.165) is 5.69 Å². The maximum absolute atomic E-state index is 13.2. The monoisotopic (exact) mass is 370 g/mol. The number of nitrogens with zero attached hydrogens (tertiary/aromatic N) is 1. The Bertz CT molecular complexity index is 691. The van der Waals surface area contributed by atoms with E-state index in [9.17, 15) is 9.18 Å². The molecule has 1 N–H and O–H groups in total. The van der Waals surface area contributed by atoms with Gasteiger partial charge < -0.3 is 10.2 Å². The predicted octanol–water partition coefficient (Wildman–Crippen LogP) is 4.56. The topological polar surface area (TPSA) is 32.3 Å². The first-order valence-electron chi connectivity index (χ1n) is 6.12. The molecule has 0 aromatic heterocycles. The van der Waals surface area contributed by atoms with E-state index in [0.29, 0.717) is 16.3 Å². The van der Waals surface area contributed by atoms with Crippen LogP contribution in [0.15, 0.2) is 40.9 Å². The van der Waals surface area contributed by atoms with Gasteiger partial charge in [-0.3, -0.25) is 4.79 Å². The minimum absolute atomic E-state index is 0.245. The Labute approximate surface area is 135 Å². The summed E-state index contributed by atoms with van der Waals surface area (Å²) in [5.41, 5.74) is 1.78. The lowest BCUT2D eigenvalue weighted by molar-refractivity contribution is 0.102. The van der Waals surface area contributed by atoms with E-state index in [1.165, 1.54) is 18.2 Å². The van der Waals surface area contributed by atoms with Crippen LogP contribution in [0, 0.1) is 5.82 Å². The number of anilines is 2. The van der Waals surface area contributed by atoms with Crippen molar-refractivity contribution in [3.63, 3.8) is 0 Å². The lowest BCUT2D eigenvalue weighted by Crippen LogP contribution is -2.16. The third kappa shape index (κ3) is 3.74. The summed E-state index contributed by atoms with van der Waals surface area (Å²) in [5, 5.41) is 3.31. The highest BCUT2D eigenvalue weighted by Crippen LogP contribution is 2.28. The molecule has 6 heteroatoms. The Morgan fingerprint density at radius 3 is 2.57 bits per heavy atom. The van der Waals surface area contributed by atoms with Gasteiger partial charge in [0.05, 0.1) is 15.8 Å². The van der Waals surface area contributed by atoms with Gasteiger partial charge in [-0.2, -0.15) is 0 Å². The number of carbonyl (C=O) groups excluding carboxylic acids is 1. The second kappa shape index (κ2) is 6.45. The largest absolute Gasteiger partial charge is 0.376 e. The zero-order valence-electron chi connectivity index (χ0n) is 11.5. The van der Waals surface area contributed by atoms with E-state index in [-0.39, 0.29) is 10.4 Å². The van der Waals surface area contributed by atoms with E-state index >= 15 is 0 Å². The van der Waals surface area contributed by atoms with Crippen molar-refractivity contribution in [1.29, 1.82) is 0 Å². The summed E-state index contributed by atoms with van der Waals surface area (Å²) in [6, 6.07) is 9.34. The van der Waals surface area contributed by atoms with Crippen molar-refractivity contribution in [1.82, 2.24) is 0 Å². The Hall–Kier alpha value is -1.59. The van der Waals surface area contributed by atoms with Crippen LogP contribution in [0.3, 0.4) is 0 Å². The van der Waals surface area contributed by atoms with Gasteiger partial charge in [-0.25, -0.2) is 4.39 Å². The van der Waals surface area contributed by atoms with Crippen molar-refractivity contribution in [2.45, 2.75) is 0 Å². The molecule has 0 spiro atoms. The third-order valence-electron chi connectivity index (χ3n) is 2.87. The Morgan fingerprint density at radius 1 is 1.24 bits per heavy atom. The molecular weight excluding hydrogens is 359 g/mol. The minimum atomic E-state index is -0.414. The SMILES string of the molecule is CN(C)c1ccc(Cl)cc1NC(=O)c1ccc(F)c(Br)c1. The fourth-order valence-electron chi connectivity index (χ4n) is 1.83. The molecule has 2 aromatic rings. The number of amides is 1. The highest BCUT2D eigenvalue weighted by Gasteiger charge is 2.12. The van der Waals surface area contributed by atoms with Gasteiger partial charge in [-0.15, -0.1) is 0 Å². The van der Waals surface area contributed by atoms with Crippen LogP contribution < -0.4 is 10.2 Å². The van der Waals surface area contributed by atoms with Crippen LogP contribution in [-0.2, 0) is 0 Å². The maximum atomic E-state index is 13.2. The van der Waals surface area contributed by atoms with Crippen molar-refractivity contribution in [3.8, 4) is 0 Å². The molecule has 0 radical (unpaired) electrons. The van der Waals surface area contributed by atoms with Gasteiger partial charge in [0.2, 0.25) is 0 Å². The van der Waals surface area contributed by atoms with Crippen LogP contribution in [0.5, 0.6) is 0 Å². The summed E-state index contributed by atoms with van der Waals surface area (Å²) in [6.45, 7) is 0. The van der Waals surface area contributed by atoms with E-state index in [1.807, 2.05) is 25.1 Å². The predicted molar refractivity (Wildman–Crippen MR) is 87.8 cm³/mol. The fourth-order valence-corrected chi connectivity index (χ4v) is 2.38. The Balaban J connectivity index is 2.30. The molecule has 0 atom stereocenters. The summed E-state index contributed by atoms with van der Waals surface area (Å²) in [6.07, 6.45) is 0. The summed E-state index contributed by atoms with van der Waals surface area (Å²) in [4.78, 5) is 14.1. The molecule has 0 saturated heterocycles. The molecule has 21 heavy (non-hydrogen) atoms. The van der Waals surface area contributed by atoms with Crippen molar-refractivity contribution in [3.05, 3.63) is 57.3 Å². The lowest BCUT2D eigenvalue weighted by Gasteiger charge is -2.18. The average Bonchev–Trinajstić information content (AvgIpc) is 2.41. The van der Waals surface area contributed by atoms with Crippen molar-refractivity contribution < 1.29 is 9.18 Å². The molecule has 0 unspecified atom stereocenters. The zero-order chi connectivity index (χ0) is 15.6. The molecule has 110 valence electrons. The fraction of sp³-hybridized carbons (Fsp3) is 0.133. The normalized spacial score (nSPS) is 10.3. The standard InChI is InChI=1S/C15H13BrClFN2O/c1-20(2)14-6-4-10(17)8-13(14)19-15(21)9-3-5-12(18)11(16)7-9/h3-8H,1-2H3,(H,19,21). The quantitative estimate of drug-likeness (QED) is 0.858. The molecule has 2 aromatic carbocycles. The molecule has 0 aliphatic heterocycles. The number of halogens is 3. The van der Waals surface area contributed by atoms with Crippen molar-refractivity contribution in [2.75, 3.05) is 24.3 Å². The molecule has 0 heterocycles. The molecule has 0 bridgehead atoms. The van der Waals surface area contributed by atoms with E-state index in [1.54, 1.807) is 12.1 Å². The van der Waals surface area contributed by atoms with Crippen LogP contribution in [0.2, 0.25) is 5.02 Å². The number of hydrogen-bond donors (Lipinski definition) is 1. The molecule has 0 fully saturated rings. The highest BCUT2D eigenvalue weighted by molar-refractivity contribution is 9.10. The smallest absolute Gasteiger partial charge is 0.255 e. The summed E-state index contributed by atoms with van der Waals surface area (Å²) in [7, 11) is 3.74. The molecule has 0 aliphatic rings. The van der Waals surface area contributed by atoms with Gasteiger partial charge in [-0.1, -0.05) is 11.6 Å². The third-order valence-corrected chi connectivity index (χ3v) is 3.71. The molecule has 3 nitrogen and oxygen atoms in total. The van der Waals surface area contributed by atoms with Crippen molar-refractivity contribution in [2.24, 2.45) is 0 Å². The zero-order valence-corrected chi connectivity index (χ0v) is 13.8. The van der Waals surface area contributed by atoms with Crippen LogP contribution >= 0.6 is 27.5 Å². The van der Waals surface area contributed by atoms with Crippen molar-refractivity contribution >= 4 is 44.8 Å². The highest BCUT2D eigenvalue weighted by atomic mass is 79.9. The average molecular weight is 372 g/mol. The maximum Gasteiger partial charge on any atom is 0.255 e.